The highest BCUT2D eigenvalue weighted by molar-refractivity contribution is 6.32. The lowest BCUT2D eigenvalue weighted by atomic mass is 9.91. The molecule has 0 aromatic heterocycles. The summed E-state index contributed by atoms with van der Waals surface area (Å²) < 4.78 is 11.1. The maximum absolute atomic E-state index is 6.25. The van der Waals surface area contributed by atoms with Crippen LogP contribution in [0.4, 0.5) is 0 Å². The fraction of sp³-hybridized carbons (Fsp3) is 0.571. The molecule has 1 atom stereocenters. The number of halogens is 1. The molecule has 3 rings (SSSR count). The molecule has 98 valence electrons. The van der Waals surface area contributed by atoms with E-state index in [-0.39, 0.29) is 5.54 Å². The second-order valence-electron chi connectivity index (χ2n) is 5.37. The molecule has 1 fully saturated rings. The first-order valence-electron chi connectivity index (χ1n) is 6.49. The van der Waals surface area contributed by atoms with Crippen molar-refractivity contribution >= 4 is 11.6 Å². The van der Waals surface area contributed by atoms with Crippen LogP contribution in [-0.2, 0) is 6.42 Å². The molecule has 2 aliphatic heterocycles. The van der Waals surface area contributed by atoms with Crippen LogP contribution in [0, 0.1) is 0 Å². The van der Waals surface area contributed by atoms with Crippen molar-refractivity contribution in [3.63, 3.8) is 0 Å². The van der Waals surface area contributed by atoms with Gasteiger partial charge in [-0.25, -0.2) is 0 Å². The van der Waals surface area contributed by atoms with E-state index in [1.54, 1.807) is 0 Å². The van der Waals surface area contributed by atoms with E-state index in [2.05, 4.69) is 18.3 Å². The molecule has 1 aromatic rings. The number of benzene rings is 1. The molecule has 18 heavy (non-hydrogen) atoms. The zero-order valence-electron chi connectivity index (χ0n) is 10.6. The molecule has 1 aromatic carbocycles. The SMILES string of the molecule is CC1(Cc2cc(Cl)c3c(c2)OCCO3)CCCN1. The quantitative estimate of drug-likeness (QED) is 0.894. The summed E-state index contributed by atoms with van der Waals surface area (Å²) in [6.07, 6.45) is 3.43. The van der Waals surface area contributed by atoms with Gasteiger partial charge < -0.3 is 14.8 Å². The highest BCUT2D eigenvalue weighted by Crippen LogP contribution is 2.39. The van der Waals surface area contributed by atoms with Crippen molar-refractivity contribution in [1.29, 1.82) is 0 Å². The van der Waals surface area contributed by atoms with E-state index in [1.807, 2.05) is 6.07 Å². The van der Waals surface area contributed by atoms with Gasteiger partial charge in [-0.05, 0) is 50.4 Å². The molecule has 2 aliphatic rings. The highest BCUT2D eigenvalue weighted by atomic mass is 35.5. The van der Waals surface area contributed by atoms with E-state index in [0.29, 0.717) is 24.0 Å². The Morgan fingerprint density at radius 3 is 2.94 bits per heavy atom. The van der Waals surface area contributed by atoms with Crippen LogP contribution in [-0.4, -0.2) is 25.3 Å². The minimum Gasteiger partial charge on any atom is -0.486 e. The third-order valence-corrected chi connectivity index (χ3v) is 3.99. The standard InChI is InChI=1S/C14H18ClNO2/c1-14(3-2-4-16-14)9-10-7-11(15)13-12(8-10)17-5-6-18-13/h7-8,16H,2-6,9H2,1H3. The summed E-state index contributed by atoms with van der Waals surface area (Å²) in [7, 11) is 0. The molecule has 0 amide bonds. The minimum absolute atomic E-state index is 0.188. The number of hydrogen-bond donors (Lipinski definition) is 1. The minimum atomic E-state index is 0.188. The van der Waals surface area contributed by atoms with E-state index in [0.717, 1.165) is 18.7 Å². The van der Waals surface area contributed by atoms with E-state index >= 15 is 0 Å². The molecule has 0 radical (unpaired) electrons. The molecule has 1 N–H and O–H groups in total. The second kappa shape index (κ2) is 4.63. The van der Waals surface area contributed by atoms with Crippen LogP contribution in [0.2, 0.25) is 5.02 Å². The van der Waals surface area contributed by atoms with Crippen LogP contribution < -0.4 is 14.8 Å². The molecular weight excluding hydrogens is 250 g/mol. The van der Waals surface area contributed by atoms with Gasteiger partial charge in [0.1, 0.15) is 13.2 Å². The molecule has 0 spiro atoms. The first kappa shape index (κ1) is 12.1. The topological polar surface area (TPSA) is 30.5 Å². The summed E-state index contributed by atoms with van der Waals surface area (Å²) >= 11 is 6.25. The largest absolute Gasteiger partial charge is 0.486 e. The fourth-order valence-corrected chi connectivity index (χ4v) is 3.11. The number of nitrogens with one attached hydrogen (secondary N) is 1. The first-order valence-corrected chi connectivity index (χ1v) is 6.87. The lowest BCUT2D eigenvalue weighted by Crippen LogP contribution is -2.38. The van der Waals surface area contributed by atoms with E-state index in [1.165, 1.54) is 18.4 Å². The average molecular weight is 268 g/mol. The Kier molecular flexibility index (Phi) is 3.12. The van der Waals surface area contributed by atoms with Crippen molar-refractivity contribution in [1.82, 2.24) is 5.32 Å². The number of ether oxygens (including phenoxy) is 2. The molecule has 2 heterocycles. The van der Waals surface area contributed by atoms with Crippen LogP contribution in [0.1, 0.15) is 25.3 Å². The Hall–Kier alpha value is -0.930. The molecule has 3 nitrogen and oxygen atoms in total. The molecule has 0 saturated carbocycles. The van der Waals surface area contributed by atoms with Crippen LogP contribution in [0.15, 0.2) is 12.1 Å². The smallest absolute Gasteiger partial charge is 0.179 e. The molecule has 4 heteroatoms. The van der Waals surface area contributed by atoms with Gasteiger partial charge in [0.15, 0.2) is 11.5 Å². The number of fused-ring (bicyclic) bond motifs is 1. The van der Waals surface area contributed by atoms with E-state index in [4.69, 9.17) is 21.1 Å². The molecule has 0 bridgehead atoms. The van der Waals surface area contributed by atoms with Crippen molar-refractivity contribution in [2.24, 2.45) is 0 Å². The first-order chi connectivity index (χ1) is 8.66. The molecule has 1 unspecified atom stereocenters. The number of hydrogen-bond acceptors (Lipinski definition) is 3. The van der Waals surface area contributed by atoms with Crippen molar-refractivity contribution in [2.45, 2.75) is 31.7 Å². The predicted octanol–water partition coefficient (Wildman–Crippen LogP) is 2.80. The zero-order chi connectivity index (χ0) is 12.6. The highest BCUT2D eigenvalue weighted by Gasteiger charge is 2.29. The van der Waals surface area contributed by atoms with Gasteiger partial charge in [0.2, 0.25) is 0 Å². The summed E-state index contributed by atoms with van der Waals surface area (Å²) in [6, 6.07) is 4.06. The van der Waals surface area contributed by atoms with Crippen molar-refractivity contribution in [2.75, 3.05) is 19.8 Å². The van der Waals surface area contributed by atoms with Gasteiger partial charge in [0.05, 0.1) is 5.02 Å². The van der Waals surface area contributed by atoms with Gasteiger partial charge >= 0.3 is 0 Å². The lowest BCUT2D eigenvalue weighted by molar-refractivity contribution is 0.171. The van der Waals surface area contributed by atoms with Gasteiger partial charge in [-0.3, -0.25) is 0 Å². The van der Waals surface area contributed by atoms with Crippen LogP contribution in [0.25, 0.3) is 0 Å². The number of rotatable bonds is 2. The third kappa shape index (κ3) is 2.29. The van der Waals surface area contributed by atoms with Crippen molar-refractivity contribution < 1.29 is 9.47 Å². The Labute approximate surface area is 112 Å². The monoisotopic (exact) mass is 267 g/mol. The van der Waals surface area contributed by atoms with Crippen molar-refractivity contribution in [3.8, 4) is 11.5 Å². The van der Waals surface area contributed by atoms with E-state index in [9.17, 15) is 0 Å². The van der Waals surface area contributed by atoms with Crippen LogP contribution in [0.3, 0.4) is 0 Å². The summed E-state index contributed by atoms with van der Waals surface area (Å²) in [5.74, 6) is 1.47. The second-order valence-corrected chi connectivity index (χ2v) is 5.78. The van der Waals surface area contributed by atoms with Gasteiger partial charge in [-0.2, -0.15) is 0 Å². The van der Waals surface area contributed by atoms with E-state index < -0.39 is 0 Å². The lowest BCUT2D eigenvalue weighted by Gasteiger charge is -2.26. The molecule has 1 saturated heterocycles. The Morgan fingerprint density at radius 2 is 2.17 bits per heavy atom. The normalized spacial score (nSPS) is 26.3. The summed E-state index contributed by atoms with van der Waals surface area (Å²) in [4.78, 5) is 0. The van der Waals surface area contributed by atoms with Gasteiger partial charge in [-0.15, -0.1) is 0 Å². The molecular formula is C14H18ClNO2. The van der Waals surface area contributed by atoms with Gasteiger partial charge in [0, 0.05) is 5.54 Å². The third-order valence-electron chi connectivity index (χ3n) is 3.71. The maximum Gasteiger partial charge on any atom is 0.179 e. The summed E-state index contributed by atoms with van der Waals surface area (Å²) in [6.45, 7) is 4.55. The summed E-state index contributed by atoms with van der Waals surface area (Å²) in [5, 5.41) is 4.22. The zero-order valence-corrected chi connectivity index (χ0v) is 11.3. The molecule has 0 aliphatic carbocycles. The Morgan fingerprint density at radius 1 is 1.33 bits per heavy atom. The average Bonchev–Trinajstić information content (AvgIpc) is 2.76. The van der Waals surface area contributed by atoms with Crippen molar-refractivity contribution in [3.05, 3.63) is 22.7 Å². The maximum atomic E-state index is 6.25. The Bertz CT molecular complexity index is 455. The van der Waals surface area contributed by atoms with Gasteiger partial charge in [0.25, 0.3) is 0 Å². The predicted molar refractivity (Wildman–Crippen MR) is 71.8 cm³/mol. The Balaban J connectivity index is 1.86. The fourth-order valence-electron chi connectivity index (χ4n) is 2.82. The van der Waals surface area contributed by atoms with Gasteiger partial charge in [-0.1, -0.05) is 11.6 Å². The van der Waals surface area contributed by atoms with Crippen LogP contribution >= 0.6 is 11.6 Å². The van der Waals surface area contributed by atoms with Crippen LogP contribution in [0.5, 0.6) is 11.5 Å². The summed E-state index contributed by atoms with van der Waals surface area (Å²) in [5.41, 5.74) is 1.40.